The largest absolute Gasteiger partial charge is 0.507 e. The minimum atomic E-state index is 0.177. The summed E-state index contributed by atoms with van der Waals surface area (Å²) in [6, 6.07) is 7.44. The molecule has 0 saturated carbocycles. The van der Waals surface area contributed by atoms with E-state index < -0.39 is 0 Å². The number of benzene rings is 1. The fourth-order valence-electron chi connectivity index (χ4n) is 2.29. The lowest BCUT2D eigenvalue weighted by atomic mass is 10.2. The number of nitrogens with one attached hydrogen (secondary N) is 1. The Morgan fingerprint density at radius 3 is 2.75 bits per heavy atom. The maximum atomic E-state index is 9.76. The number of hydrogen-bond donors (Lipinski definition) is 2. The minimum absolute atomic E-state index is 0.177. The zero-order chi connectivity index (χ0) is 13.8. The van der Waals surface area contributed by atoms with Gasteiger partial charge < -0.3 is 15.2 Å². The summed E-state index contributed by atoms with van der Waals surface area (Å²) in [5.41, 5.74) is 0.622. The van der Waals surface area contributed by atoms with Crippen LogP contribution in [0.5, 0.6) is 11.5 Å². The Hall–Kier alpha value is -2.14. The average Bonchev–Trinajstić information content (AvgIpc) is 3.00. The van der Waals surface area contributed by atoms with Crippen LogP contribution in [0.3, 0.4) is 0 Å². The Morgan fingerprint density at radius 1 is 1.25 bits per heavy atom. The smallest absolute Gasteiger partial charge is 0.163 e. The van der Waals surface area contributed by atoms with Gasteiger partial charge in [0.15, 0.2) is 11.6 Å². The van der Waals surface area contributed by atoms with Crippen LogP contribution in [0.2, 0.25) is 0 Å². The lowest BCUT2D eigenvalue weighted by Gasteiger charge is -2.11. The minimum Gasteiger partial charge on any atom is -0.507 e. The van der Waals surface area contributed by atoms with Gasteiger partial charge in [-0.25, -0.2) is 9.97 Å². The SMILES string of the molecule is Oc1ccccc1-c1ncc(OCC2CCCN2)cn1. The summed E-state index contributed by atoms with van der Waals surface area (Å²) < 4.78 is 5.66. The van der Waals surface area contributed by atoms with Crippen LogP contribution in [0.25, 0.3) is 11.4 Å². The van der Waals surface area contributed by atoms with Crippen molar-refractivity contribution in [2.45, 2.75) is 18.9 Å². The normalized spacial score (nSPS) is 18.1. The van der Waals surface area contributed by atoms with E-state index in [9.17, 15) is 5.11 Å². The summed E-state index contributed by atoms with van der Waals surface area (Å²) in [6.45, 7) is 1.70. The standard InChI is InChI=1S/C15H17N3O2/c19-14-6-2-1-5-13(14)15-17-8-12(9-18-15)20-10-11-4-3-7-16-11/h1-2,5-6,8-9,11,16,19H,3-4,7,10H2. The molecule has 0 spiro atoms. The molecule has 1 atom stereocenters. The van der Waals surface area contributed by atoms with Crippen molar-refractivity contribution >= 4 is 0 Å². The lowest BCUT2D eigenvalue weighted by Crippen LogP contribution is -2.28. The van der Waals surface area contributed by atoms with E-state index in [-0.39, 0.29) is 5.75 Å². The van der Waals surface area contributed by atoms with Crippen LogP contribution >= 0.6 is 0 Å². The van der Waals surface area contributed by atoms with E-state index in [2.05, 4.69) is 15.3 Å². The third kappa shape index (κ3) is 2.88. The Balaban J connectivity index is 1.66. The van der Waals surface area contributed by atoms with E-state index in [1.165, 1.54) is 6.42 Å². The van der Waals surface area contributed by atoms with E-state index in [0.717, 1.165) is 13.0 Å². The van der Waals surface area contributed by atoms with Gasteiger partial charge in [-0.2, -0.15) is 0 Å². The molecule has 20 heavy (non-hydrogen) atoms. The first-order chi connectivity index (χ1) is 9.83. The fraction of sp³-hybridized carbons (Fsp3) is 0.333. The second-order valence-corrected chi connectivity index (χ2v) is 4.86. The first kappa shape index (κ1) is 12.9. The average molecular weight is 271 g/mol. The summed E-state index contributed by atoms with van der Waals surface area (Å²) in [4.78, 5) is 8.48. The number of phenolic OH excluding ortho intramolecular Hbond substituents is 1. The van der Waals surface area contributed by atoms with Gasteiger partial charge in [-0.05, 0) is 31.5 Å². The molecule has 5 heteroatoms. The van der Waals surface area contributed by atoms with Gasteiger partial charge in [0.1, 0.15) is 12.4 Å². The van der Waals surface area contributed by atoms with Gasteiger partial charge in [0.25, 0.3) is 0 Å². The van der Waals surface area contributed by atoms with E-state index in [0.29, 0.717) is 29.8 Å². The second-order valence-electron chi connectivity index (χ2n) is 4.86. The van der Waals surface area contributed by atoms with Crippen LogP contribution in [0, 0.1) is 0 Å². The van der Waals surface area contributed by atoms with E-state index in [1.807, 2.05) is 6.07 Å². The number of rotatable bonds is 4. The zero-order valence-electron chi connectivity index (χ0n) is 11.1. The van der Waals surface area contributed by atoms with Crippen molar-refractivity contribution in [2.75, 3.05) is 13.2 Å². The van der Waals surface area contributed by atoms with E-state index in [1.54, 1.807) is 30.6 Å². The number of para-hydroxylation sites is 1. The summed E-state index contributed by atoms with van der Waals surface area (Å²) in [6.07, 6.45) is 5.64. The van der Waals surface area contributed by atoms with Crippen LogP contribution in [0.1, 0.15) is 12.8 Å². The van der Waals surface area contributed by atoms with Gasteiger partial charge in [-0.15, -0.1) is 0 Å². The zero-order valence-corrected chi connectivity index (χ0v) is 11.1. The van der Waals surface area contributed by atoms with Gasteiger partial charge in [-0.1, -0.05) is 12.1 Å². The molecule has 1 aromatic heterocycles. The van der Waals surface area contributed by atoms with Crippen molar-refractivity contribution in [3.63, 3.8) is 0 Å². The number of phenols is 1. The molecule has 0 aliphatic carbocycles. The van der Waals surface area contributed by atoms with Crippen molar-refractivity contribution in [3.8, 4) is 22.9 Å². The van der Waals surface area contributed by atoms with Gasteiger partial charge in [0.05, 0.1) is 18.0 Å². The van der Waals surface area contributed by atoms with Crippen LogP contribution in [-0.4, -0.2) is 34.3 Å². The van der Waals surface area contributed by atoms with Crippen molar-refractivity contribution in [3.05, 3.63) is 36.7 Å². The maximum absolute atomic E-state index is 9.76. The molecule has 1 unspecified atom stereocenters. The Kier molecular flexibility index (Phi) is 3.78. The molecule has 3 rings (SSSR count). The molecular formula is C15H17N3O2. The third-order valence-corrected chi connectivity index (χ3v) is 3.39. The van der Waals surface area contributed by atoms with Crippen LogP contribution in [0.4, 0.5) is 0 Å². The van der Waals surface area contributed by atoms with Gasteiger partial charge in [-0.3, -0.25) is 0 Å². The third-order valence-electron chi connectivity index (χ3n) is 3.39. The highest BCUT2D eigenvalue weighted by Crippen LogP contribution is 2.25. The van der Waals surface area contributed by atoms with Gasteiger partial charge >= 0.3 is 0 Å². The van der Waals surface area contributed by atoms with Crippen molar-refractivity contribution < 1.29 is 9.84 Å². The van der Waals surface area contributed by atoms with Crippen molar-refractivity contribution in [2.24, 2.45) is 0 Å². The van der Waals surface area contributed by atoms with E-state index in [4.69, 9.17) is 4.74 Å². The second kappa shape index (κ2) is 5.88. The lowest BCUT2D eigenvalue weighted by molar-refractivity contribution is 0.275. The molecule has 2 aromatic rings. The number of aromatic nitrogens is 2. The highest BCUT2D eigenvalue weighted by molar-refractivity contribution is 5.63. The fourth-order valence-corrected chi connectivity index (χ4v) is 2.29. The quantitative estimate of drug-likeness (QED) is 0.890. The topological polar surface area (TPSA) is 67.3 Å². The van der Waals surface area contributed by atoms with Gasteiger partial charge in [0.2, 0.25) is 0 Å². The molecule has 0 bridgehead atoms. The van der Waals surface area contributed by atoms with Crippen molar-refractivity contribution in [1.82, 2.24) is 15.3 Å². The highest BCUT2D eigenvalue weighted by atomic mass is 16.5. The molecule has 2 heterocycles. The molecule has 1 saturated heterocycles. The summed E-state index contributed by atoms with van der Waals surface area (Å²) in [5, 5.41) is 13.1. The van der Waals surface area contributed by atoms with Crippen LogP contribution in [0.15, 0.2) is 36.7 Å². The number of ether oxygens (including phenoxy) is 1. The Bertz CT molecular complexity index is 566. The first-order valence-corrected chi connectivity index (χ1v) is 6.79. The summed E-state index contributed by atoms with van der Waals surface area (Å²) in [7, 11) is 0. The summed E-state index contributed by atoms with van der Waals surface area (Å²) in [5.74, 6) is 1.32. The molecule has 1 aliphatic rings. The monoisotopic (exact) mass is 271 g/mol. The Labute approximate surface area is 117 Å². The van der Waals surface area contributed by atoms with Crippen molar-refractivity contribution in [1.29, 1.82) is 0 Å². The molecule has 5 nitrogen and oxygen atoms in total. The molecule has 0 amide bonds. The van der Waals surface area contributed by atoms with E-state index >= 15 is 0 Å². The summed E-state index contributed by atoms with van der Waals surface area (Å²) >= 11 is 0. The molecule has 0 radical (unpaired) electrons. The molecule has 1 aliphatic heterocycles. The number of hydrogen-bond acceptors (Lipinski definition) is 5. The van der Waals surface area contributed by atoms with Crippen LogP contribution in [-0.2, 0) is 0 Å². The predicted molar refractivity (Wildman–Crippen MR) is 75.7 cm³/mol. The highest BCUT2D eigenvalue weighted by Gasteiger charge is 2.14. The Morgan fingerprint density at radius 2 is 2.05 bits per heavy atom. The maximum Gasteiger partial charge on any atom is 0.163 e. The molecule has 2 N–H and O–H groups in total. The predicted octanol–water partition coefficient (Wildman–Crippen LogP) is 1.98. The van der Waals surface area contributed by atoms with Crippen LogP contribution < -0.4 is 10.1 Å². The number of aromatic hydroxyl groups is 1. The number of nitrogens with zero attached hydrogens (tertiary/aromatic N) is 2. The van der Waals surface area contributed by atoms with Gasteiger partial charge in [0, 0.05) is 6.04 Å². The molecular weight excluding hydrogens is 254 g/mol. The first-order valence-electron chi connectivity index (χ1n) is 6.79. The molecule has 1 aromatic carbocycles. The molecule has 104 valence electrons. The molecule has 1 fully saturated rings.